The van der Waals surface area contributed by atoms with Gasteiger partial charge in [0.15, 0.2) is 0 Å². The Kier molecular flexibility index (Phi) is 5.50. The Morgan fingerprint density at radius 3 is 2.48 bits per heavy atom. The molecule has 1 aromatic heterocycles. The molecular formula is C17H18BrN3O2. The zero-order chi connectivity index (χ0) is 17.0. The van der Waals surface area contributed by atoms with Crippen LogP contribution in [0.4, 0.5) is 5.69 Å². The number of hydrogen-bond donors (Lipinski definition) is 1. The first-order valence-electron chi connectivity index (χ1n) is 7.10. The predicted molar refractivity (Wildman–Crippen MR) is 93.4 cm³/mol. The highest BCUT2D eigenvalue weighted by atomic mass is 79.9. The monoisotopic (exact) mass is 375 g/mol. The summed E-state index contributed by atoms with van der Waals surface area (Å²) in [5.74, 6) is -0.489. The SMILES string of the molecule is Cc1cccc(C)c1NC(=O)CN(C)C(=O)c1cncc(Br)c1. The lowest BCUT2D eigenvalue weighted by atomic mass is 10.1. The van der Waals surface area contributed by atoms with Gasteiger partial charge in [0.25, 0.3) is 5.91 Å². The molecule has 1 heterocycles. The fraction of sp³-hybridized carbons (Fsp3) is 0.235. The lowest BCUT2D eigenvalue weighted by molar-refractivity contribution is -0.116. The molecule has 0 unspecified atom stereocenters. The van der Waals surface area contributed by atoms with Gasteiger partial charge in [-0.25, -0.2) is 0 Å². The summed E-state index contributed by atoms with van der Waals surface area (Å²) in [4.78, 5) is 29.8. The van der Waals surface area contributed by atoms with Crippen LogP contribution in [-0.2, 0) is 4.79 Å². The van der Waals surface area contributed by atoms with E-state index in [1.54, 1.807) is 19.3 Å². The zero-order valence-corrected chi connectivity index (χ0v) is 14.8. The van der Waals surface area contributed by atoms with Gasteiger partial charge in [0, 0.05) is 29.6 Å². The van der Waals surface area contributed by atoms with Crippen LogP contribution < -0.4 is 5.32 Å². The van der Waals surface area contributed by atoms with Crippen molar-refractivity contribution in [2.75, 3.05) is 18.9 Å². The second kappa shape index (κ2) is 7.37. The van der Waals surface area contributed by atoms with E-state index in [0.29, 0.717) is 5.56 Å². The Morgan fingerprint density at radius 1 is 1.22 bits per heavy atom. The van der Waals surface area contributed by atoms with E-state index in [0.717, 1.165) is 21.3 Å². The van der Waals surface area contributed by atoms with E-state index in [9.17, 15) is 9.59 Å². The molecule has 0 saturated heterocycles. The van der Waals surface area contributed by atoms with Gasteiger partial charge in [0.1, 0.15) is 0 Å². The van der Waals surface area contributed by atoms with E-state index in [1.165, 1.54) is 11.1 Å². The molecule has 0 bridgehead atoms. The van der Waals surface area contributed by atoms with Crippen molar-refractivity contribution in [3.8, 4) is 0 Å². The van der Waals surface area contributed by atoms with Gasteiger partial charge in [0.2, 0.25) is 5.91 Å². The van der Waals surface area contributed by atoms with Crippen molar-refractivity contribution in [3.63, 3.8) is 0 Å². The van der Waals surface area contributed by atoms with Crippen molar-refractivity contribution in [2.45, 2.75) is 13.8 Å². The number of carbonyl (C=O) groups excluding carboxylic acids is 2. The zero-order valence-electron chi connectivity index (χ0n) is 13.3. The number of aromatic nitrogens is 1. The van der Waals surface area contributed by atoms with E-state index < -0.39 is 0 Å². The molecule has 0 aliphatic rings. The molecule has 1 N–H and O–H groups in total. The van der Waals surface area contributed by atoms with Gasteiger partial charge in [-0.2, -0.15) is 0 Å². The number of anilines is 1. The third kappa shape index (κ3) is 4.39. The Bertz CT molecular complexity index is 726. The summed E-state index contributed by atoms with van der Waals surface area (Å²) in [5, 5.41) is 2.87. The molecule has 2 aromatic rings. The van der Waals surface area contributed by atoms with E-state index >= 15 is 0 Å². The minimum atomic E-state index is -0.254. The maximum atomic E-state index is 12.3. The molecule has 6 heteroatoms. The first kappa shape index (κ1) is 17.1. The number of rotatable bonds is 4. The molecule has 0 spiro atoms. The molecule has 1 aromatic carbocycles. The van der Waals surface area contributed by atoms with Crippen LogP contribution in [0.15, 0.2) is 41.1 Å². The Morgan fingerprint density at radius 2 is 1.87 bits per heavy atom. The van der Waals surface area contributed by atoms with Gasteiger partial charge in [-0.1, -0.05) is 18.2 Å². The summed E-state index contributed by atoms with van der Waals surface area (Å²) in [7, 11) is 1.59. The number of nitrogens with zero attached hydrogens (tertiary/aromatic N) is 2. The van der Waals surface area contributed by atoms with E-state index in [-0.39, 0.29) is 18.4 Å². The number of likely N-dealkylation sites (N-methyl/N-ethyl adjacent to an activating group) is 1. The number of benzene rings is 1. The molecule has 0 saturated carbocycles. The summed E-state index contributed by atoms with van der Waals surface area (Å²) in [6, 6.07) is 7.49. The highest BCUT2D eigenvalue weighted by Gasteiger charge is 2.16. The molecule has 23 heavy (non-hydrogen) atoms. The van der Waals surface area contributed by atoms with Crippen molar-refractivity contribution in [1.82, 2.24) is 9.88 Å². The second-order valence-electron chi connectivity index (χ2n) is 5.37. The maximum Gasteiger partial charge on any atom is 0.255 e. The van der Waals surface area contributed by atoms with Gasteiger partial charge in [-0.05, 0) is 47.0 Å². The van der Waals surface area contributed by atoms with Gasteiger partial charge in [-0.15, -0.1) is 0 Å². The van der Waals surface area contributed by atoms with Crippen molar-refractivity contribution < 1.29 is 9.59 Å². The van der Waals surface area contributed by atoms with E-state index in [1.807, 2.05) is 32.0 Å². The minimum Gasteiger partial charge on any atom is -0.332 e. The lowest BCUT2D eigenvalue weighted by Crippen LogP contribution is -2.35. The molecule has 0 aliphatic heterocycles. The molecule has 2 rings (SSSR count). The van der Waals surface area contributed by atoms with Crippen LogP contribution in [0.1, 0.15) is 21.5 Å². The molecule has 0 atom stereocenters. The fourth-order valence-corrected chi connectivity index (χ4v) is 2.59. The standard InChI is InChI=1S/C17H18BrN3O2/c1-11-5-4-6-12(2)16(11)20-15(22)10-21(3)17(23)13-7-14(18)9-19-8-13/h4-9H,10H2,1-3H3,(H,20,22). The van der Waals surface area contributed by atoms with Crippen LogP contribution in [-0.4, -0.2) is 35.3 Å². The fourth-order valence-electron chi connectivity index (χ4n) is 2.23. The van der Waals surface area contributed by atoms with Crippen LogP contribution in [0.25, 0.3) is 0 Å². The molecule has 2 amide bonds. The summed E-state index contributed by atoms with van der Waals surface area (Å²) < 4.78 is 0.719. The molecule has 120 valence electrons. The third-order valence-electron chi connectivity index (χ3n) is 3.42. The van der Waals surface area contributed by atoms with Crippen LogP contribution in [0.2, 0.25) is 0 Å². The summed E-state index contributed by atoms with van der Waals surface area (Å²) in [6.07, 6.45) is 3.08. The first-order chi connectivity index (χ1) is 10.9. The second-order valence-corrected chi connectivity index (χ2v) is 6.28. The summed E-state index contributed by atoms with van der Waals surface area (Å²) in [6.45, 7) is 3.84. The number of hydrogen-bond acceptors (Lipinski definition) is 3. The van der Waals surface area contributed by atoms with Crippen LogP contribution in [0, 0.1) is 13.8 Å². The van der Waals surface area contributed by atoms with E-state index in [4.69, 9.17) is 0 Å². The highest BCUT2D eigenvalue weighted by Crippen LogP contribution is 2.19. The van der Waals surface area contributed by atoms with Crippen LogP contribution in [0.5, 0.6) is 0 Å². The lowest BCUT2D eigenvalue weighted by Gasteiger charge is -2.18. The molecule has 5 nitrogen and oxygen atoms in total. The number of halogens is 1. The highest BCUT2D eigenvalue weighted by molar-refractivity contribution is 9.10. The number of para-hydroxylation sites is 1. The number of nitrogens with one attached hydrogen (secondary N) is 1. The van der Waals surface area contributed by atoms with Gasteiger partial charge >= 0.3 is 0 Å². The van der Waals surface area contributed by atoms with Crippen molar-refractivity contribution in [3.05, 3.63) is 57.8 Å². The third-order valence-corrected chi connectivity index (χ3v) is 3.86. The van der Waals surface area contributed by atoms with Crippen LogP contribution in [0.3, 0.4) is 0 Å². The molecule has 0 radical (unpaired) electrons. The Hall–Kier alpha value is -2.21. The Labute approximate surface area is 143 Å². The van der Waals surface area contributed by atoms with Gasteiger partial charge in [0.05, 0.1) is 12.1 Å². The van der Waals surface area contributed by atoms with Crippen molar-refractivity contribution in [1.29, 1.82) is 0 Å². The molecule has 0 fully saturated rings. The number of amides is 2. The summed E-state index contributed by atoms with van der Waals surface area (Å²) in [5.41, 5.74) is 3.20. The van der Waals surface area contributed by atoms with Crippen LogP contribution >= 0.6 is 15.9 Å². The molecular weight excluding hydrogens is 358 g/mol. The smallest absolute Gasteiger partial charge is 0.255 e. The number of aryl methyl sites for hydroxylation is 2. The van der Waals surface area contributed by atoms with Crippen molar-refractivity contribution in [2.24, 2.45) is 0 Å². The average molecular weight is 376 g/mol. The molecule has 0 aliphatic carbocycles. The van der Waals surface area contributed by atoms with Crippen molar-refractivity contribution >= 4 is 33.4 Å². The quantitative estimate of drug-likeness (QED) is 0.892. The first-order valence-corrected chi connectivity index (χ1v) is 7.90. The number of pyridine rings is 1. The average Bonchev–Trinajstić information content (AvgIpc) is 2.50. The maximum absolute atomic E-state index is 12.3. The largest absolute Gasteiger partial charge is 0.332 e. The van der Waals surface area contributed by atoms with Gasteiger partial charge in [-0.3, -0.25) is 14.6 Å². The predicted octanol–water partition coefficient (Wildman–Crippen LogP) is 3.17. The summed E-state index contributed by atoms with van der Waals surface area (Å²) >= 11 is 3.28. The Balaban J connectivity index is 2.04. The van der Waals surface area contributed by atoms with Gasteiger partial charge < -0.3 is 10.2 Å². The van der Waals surface area contributed by atoms with E-state index in [2.05, 4.69) is 26.2 Å². The minimum absolute atomic E-state index is 0.0286. The number of carbonyl (C=O) groups is 2. The normalized spacial score (nSPS) is 10.3. The topological polar surface area (TPSA) is 62.3 Å².